The van der Waals surface area contributed by atoms with E-state index in [4.69, 9.17) is 9.47 Å². The largest absolute Gasteiger partial charge is 0.481 e. The Bertz CT molecular complexity index is 1250. The van der Waals surface area contributed by atoms with E-state index in [0.29, 0.717) is 31.6 Å². The normalized spacial score (nSPS) is 54.0. The molecule has 0 amide bonds. The molecule has 9 heteroatoms. The van der Waals surface area contributed by atoms with Gasteiger partial charge in [-0.1, -0.05) is 53.2 Å². The smallest absolute Gasteiger partial charge is 0.314 e. The van der Waals surface area contributed by atoms with Crippen LogP contribution in [0.4, 0.5) is 0 Å². The first-order valence-electron chi connectivity index (χ1n) is 17.4. The number of aliphatic hydroxyl groups is 3. The summed E-state index contributed by atoms with van der Waals surface area (Å²) in [6, 6.07) is 0. The fraction of sp³-hybridized carbons (Fsp3) is 0.889. The molecule has 0 aromatic heterocycles. The fourth-order valence-corrected chi connectivity index (χ4v) is 12.5. The molecular formula is C36H56O9. The van der Waals surface area contributed by atoms with E-state index in [1.165, 1.54) is 0 Å². The molecule has 9 nitrogen and oxygen atoms in total. The van der Waals surface area contributed by atoms with Crippen LogP contribution in [0.25, 0.3) is 0 Å². The lowest BCUT2D eigenvalue weighted by molar-refractivity contribution is -0.324. The molecule has 6 aliphatic rings. The topological polar surface area (TPSA) is 154 Å². The van der Waals surface area contributed by atoms with E-state index in [2.05, 4.69) is 47.6 Å². The summed E-state index contributed by atoms with van der Waals surface area (Å²) in [5, 5.41) is 53.2. The van der Waals surface area contributed by atoms with Crippen LogP contribution in [-0.4, -0.2) is 74.3 Å². The van der Waals surface area contributed by atoms with Crippen molar-refractivity contribution in [3.05, 3.63) is 11.6 Å². The van der Waals surface area contributed by atoms with E-state index in [0.717, 1.165) is 37.7 Å². The van der Waals surface area contributed by atoms with Crippen molar-refractivity contribution in [1.29, 1.82) is 0 Å². The number of allylic oxidation sites excluding steroid dienone is 1. The van der Waals surface area contributed by atoms with E-state index in [9.17, 15) is 35.1 Å². The zero-order chi connectivity index (χ0) is 33.1. The lowest BCUT2D eigenvalue weighted by Gasteiger charge is -2.70. The summed E-state index contributed by atoms with van der Waals surface area (Å²) < 4.78 is 12.3. The Balaban J connectivity index is 1.35. The predicted molar refractivity (Wildman–Crippen MR) is 166 cm³/mol. The predicted octanol–water partition coefficient (Wildman–Crippen LogP) is 5.01. The van der Waals surface area contributed by atoms with Crippen LogP contribution >= 0.6 is 0 Å². The quantitative estimate of drug-likeness (QED) is 0.213. The maximum atomic E-state index is 13.8. The van der Waals surface area contributed by atoms with Crippen LogP contribution in [0.5, 0.6) is 0 Å². The molecule has 0 bridgehead atoms. The third-order valence-corrected chi connectivity index (χ3v) is 15.3. The third-order valence-electron chi connectivity index (χ3n) is 15.3. The number of rotatable bonds is 4. The van der Waals surface area contributed by atoms with Gasteiger partial charge in [-0.25, -0.2) is 0 Å². The number of aliphatic hydroxyl groups excluding tert-OH is 3. The highest BCUT2D eigenvalue weighted by Gasteiger charge is 2.73. The second-order valence-corrected chi connectivity index (χ2v) is 17.2. The van der Waals surface area contributed by atoms with Gasteiger partial charge in [0.15, 0.2) is 6.29 Å². The van der Waals surface area contributed by atoms with Crippen LogP contribution in [0.3, 0.4) is 0 Å². The number of aliphatic carboxylic acids is 2. The Labute approximate surface area is 267 Å². The molecule has 45 heavy (non-hydrogen) atoms. The Morgan fingerprint density at radius 2 is 1.51 bits per heavy atom. The number of carbonyl (C=O) groups is 2. The Hall–Kier alpha value is -1.52. The van der Waals surface area contributed by atoms with Gasteiger partial charge in [0, 0.05) is 0 Å². The standard InChI is InChI=1S/C36H56O9/c1-18-10-15-35(30(40)41)16-17-36(31(42)43)21(25(35)19(18)2)8-9-23-33(6)13-12-24(32(4,5)22(33)11-14-34(23,36)7)45-29-28(39)27(38)26(37)20(3)44-29/h8,18-20,22-29,37-39H,9-17H2,1-7H3,(H,40,41)(H,42,43)/t18-,19+,20-,22+,23-,24+,25-,26+,27+,28-,29+,33+,34-,35+,36-/m1/s1. The van der Waals surface area contributed by atoms with Gasteiger partial charge < -0.3 is 35.0 Å². The zero-order valence-corrected chi connectivity index (χ0v) is 28.2. The lowest BCUT2D eigenvalue weighted by Crippen LogP contribution is -2.68. The first-order chi connectivity index (χ1) is 20.9. The maximum Gasteiger partial charge on any atom is 0.314 e. The minimum absolute atomic E-state index is 0.0958. The molecule has 5 aliphatic carbocycles. The average molecular weight is 633 g/mol. The Morgan fingerprint density at radius 3 is 2.16 bits per heavy atom. The van der Waals surface area contributed by atoms with Crippen LogP contribution in [0.2, 0.25) is 0 Å². The van der Waals surface area contributed by atoms with Crippen molar-refractivity contribution in [3.63, 3.8) is 0 Å². The van der Waals surface area contributed by atoms with Crippen LogP contribution in [0, 0.1) is 56.7 Å². The molecule has 0 radical (unpaired) electrons. The number of ether oxygens (including phenoxy) is 2. The molecule has 0 spiro atoms. The van der Waals surface area contributed by atoms with Crippen molar-refractivity contribution in [1.82, 2.24) is 0 Å². The molecule has 4 saturated carbocycles. The molecular weight excluding hydrogens is 576 g/mol. The maximum absolute atomic E-state index is 13.8. The second-order valence-electron chi connectivity index (χ2n) is 17.2. The van der Waals surface area contributed by atoms with Crippen molar-refractivity contribution in [2.45, 2.75) is 143 Å². The number of hydrogen-bond donors (Lipinski definition) is 5. The molecule has 5 N–H and O–H groups in total. The molecule has 254 valence electrons. The van der Waals surface area contributed by atoms with Gasteiger partial charge in [-0.15, -0.1) is 0 Å². The molecule has 1 aliphatic heterocycles. The second kappa shape index (κ2) is 10.7. The van der Waals surface area contributed by atoms with Crippen molar-refractivity contribution in [2.24, 2.45) is 56.7 Å². The SMILES string of the molecule is C[C@H]1[C@H](C)CC[C@]2(C(=O)O)CC[C@]3(C(=O)O)C(=CC[C@@H]4[C@@]5(C)CC[C@H](O[C@@H]6O[C@H](C)[C@H](O)[C@H](O)[C@H]6O)C(C)(C)[C@@H]5CC[C@]43C)[C@@H]12. The van der Waals surface area contributed by atoms with Crippen molar-refractivity contribution < 1.29 is 44.6 Å². The van der Waals surface area contributed by atoms with E-state index >= 15 is 0 Å². The van der Waals surface area contributed by atoms with Crippen molar-refractivity contribution in [2.75, 3.05) is 0 Å². The Morgan fingerprint density at radius 1 is 0.822 bits per heavy atom. The van der Waals surface area contributed by atoms with Crippen LogP contribution in [0.1, 0.15) is 106 Å². The van der Waals surface area contributed by atoms with Gasteiger partial charge in [0.1, 0.15) is 18.3 Å². The number of carboxylic acid groups (broad SMARTS) is 2. The summed E-state index contributed by atoms with van der Waals surface area (Å²) in [7, 11) is 0. The zero-order valence-electron chi connectivity index (χ0n) is 28.2. The molecule has 0 aromatic carbocycles. The van der Waals surface area contributed by atoms with Crippen molar-refractivity contribution >= 4 is 11.9 Å². The van der Waals surface area contributed by atoms with Gasteiger partial charge in [-0.3, -0.25) is 9.59 Å². The monoisotopic (exact) mass is 632 g/mol. The first-order valence-corrected chi connectivity index (χ1v) is 17.4. The highest BCUT2D eigenvalue weighted by atomic mass is 16.7. The van der Waals surface area contributed by atoms with Crippen LogP contribution in [0.15, 0.2) is 11.6 Å². The van der Waals surface area contributed by atoms with Gasteiger partial charge >= 0.3 is 11.9 Å². The molecule has 15 atom stereocenters. The molecule has 0 unspecified atom stereocenters. The van der Waals surface area contributed by atoms with Gasteiger partial charge in [-0.2, -0.15) is 0 Å². The summed E-state index contributed by atoms with van der Waals surface area (Å²) in [6.07, 6.45) is 2.36. The van der Waals surface area contributed by atoms with Crippen LogP contribution in [-0.2, 0) is 19.1 Å². The van der Waals surface area contributed by atoms with E-state index in [1.807, 2.05) is 0 Å². The Kier molecular flexibility index (Phi) is 7.97. The fourth-order valence-electron chi connectivity index (χ4n) is 12.5. The first kappa shape index (κ1) is 33.4. The van der Waals surface area contributed by atoms with Gasteiger partial charge in [0.2, 0.25) is 0 Å². The molecule has 6 rings (SSSR count). The van der Waals surface area contributed by atoms with E-state index < -0.39 is 58.9 Å². The van der Waals surface area contributed by atoms with Gasteiger partial charge in [0.25, 0.3) is 0 Å². The average Bonchev–Trinajstić information content (AvgIpc) is 2.97. The van der Waals surface area contributed by atoms with Gasteiger partial charge in [-0.05, 0) is 111 Å². The summed E-state index contributed by atoms with van der Waals surface area (Å²) in [6.45, 7) is 15.0. The molecule has 1 saturated heterocycles. The van der Waals surface area contributed by atoms with Crippen molar-refractivity contribution in [3.8, 4) is 0 Å². The minimum Gasteiger partial charge on any atom is -0.481 e. The minimum atomic E-state index is -1.36. The highest BCUT2D eigenvalue weighted by Crippen LogP contribution is 2.76. The van der Waals surface area contributed by atoms with Crippen LogP contribution < -0.4 is 0 Å². The summed E-state index contributed by atoms with van der Waals surface area (Å²) in [4.78, 5) is 26.8. The number of fused-ring (bicyclic) bond motifs is 7. The summed E-state index contributed by atoms with van der Waals surface area (Å²) >= 11 is 0. The van der Waals surface area contributed by atoms with E-state index in [1.54, 1.807) is 6.92 Å². The molecule has 5 fully saturated rings. The molecule has 1 heterocycles. The number of hydrogen-bond acceptors (Lipinski definition) is 7. The lowest BCUT2D eigenvalue weighted by atomic mass is 9.33. The summed E-state index contributed by atoms with van der Waals surface area (Å²) in [5.41, 5.74) is -2.13. The highest BCUT2D eigenvalue weighted by molar-refractivity contribution is 5.84. The number of carboxylic acids is 2. The molecule has 0 aromatic rings. The van der Waals surface area contributed by atoms with Gasteiger partial charge in [0.05, 0.1) is 23.0 Å². The third kappa shape index (κ3) is 4.28. The van der Waals surface area contributed by atoms with E-state index in [-0.39, 0.29) is 40.6 Å². The summed E-state index contributed by atoms with van der Waals surface area (Å²) in [5.74, 6) is -1.08.